The molecule has 2 aromatic carbocycles. The lowest BCUT2D eigenvalue weighted by atomic mass is 10.0. The molecule has 48 heavy (non-hydrogen) atoms. The number of benzene rings is 2. The van der Waals surface area contributed by atoms with Crippen molar-refractivity contribution in [2.75, 3.05) is 38.0 Å². The Balaban J connectivity index is 1.35. The maximum Gasteiger partial charge on any atom is 0.407 e. The number of methoxy groups -OCH3 is 1. The van der Waals surface area contributed by atoms with Crippen LogP contribution in [-0.4, -0.2) is 79.4 Å². The second-order valence-electron chi connectivity index (χ2n) is 12.4. The van der Waals surface area contributed by atoms with E-state index in [1.807, 2.05) is 39.8 Å². The van der Waals surface area contributed by atoms with Crippen molar-refractivity contribution >= 4 is 32.7 Å². The van der Waals surface area contributed by atoms with Crippen LogP contribution in [0.15, 0.2) is 53.8 Å². The van der Waals surface area contributed by atoms with Gasteiger partial charge in [0.05, 0.1) is 7.11 Å². The highest BCUT2D eigenvalue weighted by Gasteiger charge is 2.25. The van der Waals surface area contributed by atoms with Gasteiger partial charge in [-0.05, 0) is 76.4 Å². The maximum absolute atomic E-state index is 14.4. The number of fused-ring (bicyclic) bond motifs is 1. The number of alkyl carbamates (subject to hydrolysis) is 1. The van der Waals surface area contributed by atoms with E-state index in [-0.39, 0.29) is 17.7 Å². The summed E-state index contributed by atoms with van der Waals surface area (Å²) in [7, 11) is -3.15. The Morgan fingerprint density at radius 2 is 1.79 bits per heavy atom. The number of piperidine rings is 1. The zero-order chi connectivity index (χ0) is 34.6. The Morgan fingerprint density at radius 3 is 2.48 bits per heavy atom. The van der Waals surface area contributed by atoms with Crippen molar-refractivity contribution in [2.45, 2.75) is 57.1 Å². The lowest BCUT2D eigenvalue weighted by Crippen LogP contribution is -2.43. The monoisotopic (exact) mass is 684 g/mol. The van der Waals surface area contributed by atoms with Gasteiger partial charge in [-0.25, -0.2) is 36.9 Å². The molecule has 0 aliphatic carbocycles. The number of pyridine rings is 1. The molecule has 1 saturated heterocycles. The molecule has 256 valence electrons. The van der Waals surface area contributed by atoms with Gasteiger partial charge in [-0.3, -0.25) is 4.72 Å². The summed E-state index contributed by atoms with van der Waals surface area (Å²) >= 11 is 0. The van der Waals surface area contributed by atoms with Gasteiger partial charge in [-0.2, -0.15) is 0 Å². The molecule has 2 N–H and O–H groups in total. The first-order valence-corrected chi connectivity index (χ1v) is 16.8. The largest absolute Gasteiger partial charge is 0.488 e. The Bertz CT molecular complexity index is 1910. The van der Waals surface area contributed by atoms with Crippen molar-refractivity contribution in [1.82, 2.24) is 25.2 Å². The Morgan fingerprint density at radius 1 is 1.04 bits per heavy atom. The van der Waals surface area contributed by atoms with Crippen LogP contribution in [0.2, 0.25) is 0 Å². The summed E-state index contributed by atoms with van der Waals surface area (Å²) in [6.07, 6.45) is 3.94. The highest BCUT2D eigenvalue weighted by atomic mass is 32.2. The molecule has 0 radical (unpaired) electrons. The minimum absolute atomic E-state index is 0.0455. The first-order chi connectivity index (χ1) is 22.7. The zero-order valence-corrected chi connectivity index (χ0v) is 28.2. The zero-order valence-electron chi connectivity index (χ0n) is 27.3. The van der Waals surface area contributed by atoms with Crippen molar-refractivity contribution in [1.29, 1.82) is 0 Å². The summed E-state index contributed by atoms with van der Waals surface area (Å²) in [5, 5.41) is 3.53. The van der Waals surface area contributed by atoms with Gasteiger partial charge in [0.2, 0.25) is 5.88 Å². The van der Waals surface area contributed by atoms with E-state index in [2.05, 4.69) is 29.9 Å². The molecule has 15 heteroatoms. The van der Waals surface area contributed by atoms with E-state index in [1.165, 1.54) is 25.7 Å². The number of nitrogens with zero attached hydrogens (tertiary/aromatic N) is 4. The second kappa shape index (κ2) is 14.2. The summed E-state index contributed by atoms with van der Waals surface area (Å²) in [4.78, 5) is 26.6. The summed E-state index contributed by atoms with van der Waals surface area (Å²) in [5.41, 5.74) is 1.90. The van der Waals surface area contributed by atoms with E-state index in [0.717, 1.165) is 43.5 Å². The summed E-state index contributed by atoms with van der Waals surface area (Å²) in [6, 6.07) is 7.39. The lowest BCUT2D eigenvalue weighted by Gasteiger charge is -2.32. The van der Waals surface area contributed by atoms with Crippen molar-refractivity contribution in [3.05, 3.63) is 66.3 Å². The number of sulfonamides is 1. The van der Waals surface area contributed by atoms with Gasteiger partial charge in [0.1, 0.15) is 51.5 Å². The number of anilines is 1. The number of aryl methyl sites for hydroxylation is 1. The van der Waals surface area contributed by atoms with Crippen LogP contribution in [0.5, 0.6) is 11.6 Å². The number of nitrogens with one attached hydrogen (secondary N) is 2. The van der Waals surface area contributed by atoms with Crippen LogP contribution in [0.1, 0.15) is 39.3 Å². The number of carbonyl (C=O) groups is 1. The molecule has 0 bridgehead atoms. The third kappa shape index (κ3) is 8.44. The topological polar surface area (TPSA) is 145 Å². The van der Waals surface area contributed by atoms with E-state index < -0.39 is 38.2 Å². The van der Waals surface area contributed by atoms with E-state index in [0.29, 0.717) is 47.2 Å². The molecule has 0 saturated carbocycles. The van der Waals surface area contributed by atoms with Crippen molar-refractivity contribution < 1.29 is 36.2 Å². The SMILES string of the molecule is COc1ncc(-c2cc(OC3CCN(CCNC(=O)OC(C)(C)C)CC3)c3ncnc(C)c3c2)cc1NS(=O)(=O)c1ccc(F)cc1F. The van der Waals surface area contributed by atoms with Crippen molar-refractivity contribution in [3.63, 3.8) is 0 Å². The van der Waals surface area contributed by atoms with E-state index >= 15 is 0 Å². The van der Waals surface area contributed by atoms with Crippen LogP contribution < -0.4 is 19.5 Å². The van der Waals surface area contributed by atoms with Crippen LogP contribution in [0, 0.1) is 18.6 Å². The molecule has 0 unspecified atom stereocenters. The first-order valence-electron chi connectivity index (χ1n) is 15.4. The summed E-state index contributed by atoms with van der Waals surface area (Å²) < 4.78 is 73.4. The van der Waals surface area contributed by atoms with E-state index in [9.17, 15) is 22.0 Å². The number of aromatic nitrogens is 3. The molecule has 1 aliphatic heterocycles. The highest BCUT2D eigenvalue weighted by Crippen LogP contribution is 2.36. The molecule has 3 heterocycles. The van der Waals surface area contributed by atoms with Gasteiger partial charge >= 0.3 is 6.09 Å². The summed E-state index contributed by atoms with van der Waals surface area (Å²) in [5.74, 6) is -1.65. The standard InChI is InChI=1S/C33H38F2N6O6S/c1-20-25-14-21(22-15-27(31(45-5)37-18-22)40-48(43,44)29-7-6-23(34)17-26(29)35)16-28(30(25)39-19-38-20)46-24-8-11-41(12-9-24)13-10-36-32(42)47-33(2,3)4/h6-7,14-19,24,40H,8-13H2,1-5H3,(H,36,42). The highest BCUT2D eigenvalue weighted by molar-refractivity contribution is 7.92. The van der Waals surface area contributed by atoms with Gasteiger partial charge in [0.15, 0.2) is 0 Å². The van der Waals surface area contributed by atoms with Crippen molar-refractivity contribution in [3.8, 4) is 22.8 Å². The third-order valence-electron chi connectivity index (χ3n) is 7.63. The van der Waals surface area contributed by atoms with Gasteiger partial charge < -0.3 is 24.4 Å². The number of likely N-dealkylation sites (tertiary alicyclic amines) is 1. The Labute approximate surface area is 277 Å². The minimum Gasteiger partial charge on any atom is -0.488 e. The van der Waals surface area contributed by atoms with Crippen molar-refractivity contribution in [2.24, 2.45) is 0 Å². The minimum atomic E-state index is -4.47. The molecule has 1 amide bonds. The molecule has 1 fully saturated rings. The molecule has 0 spiro atoms. The number of amides is 1. The molecular formula is C33H38F2N6O6S. The second-order valence-corrected chi connectivity index (χ2v) is 14.0. The average Bonchev–Trinajstić information content (AvgIpc) is 3.01. The molecule has 1 aliphatic rings. The molecule has 0 atom stereocenters. The molecule has 2 aromatic heterocycles. The maximum atomic E-state index is 14.4. The van der Waals surface area contributed by atoms with E-state index in [1.54, 1.807) is 0 Å². The molecule has 12 nitrogen and oxygen atoms in total. The third-order valence-corrected chi connectivity index (χ3v) is 9.03. The molecule has 5 rings (SSSR count). The molecule has 4 aromatic rings. The fourth-order valence-corrected chi connectivity index (χ4v) is 6.42. The van der Waals surface area contributed by atoms with Crippen LogP contribution >= 0.6 is 0 Å². The smallest absolute Gasteiger partial charge is 0.407 e. The van der Waals surface area contributed by atoms with Gasteiger partial charge in [-0.15, -0.1) is 0 Å². The van der Waals surface area contributed by atoms with E-state index in [4.69, 9.17) is 14.2 Å². The predicted octanol–water partition coefficient (Wildman–Crippen LogP) is 5.46. The fourth-order valence-electron chi connectivity index (χ4n) is 5.32. The normalized spacial score (nSPS) is 14.5. The van der Waals surface area contributed by atoms with Gasteiger partial charge in [-0.1, -0.05) is 0 Å². The Hall–Kier alpha value is -4.63. The van der Waals surface area contributed by atoms with Gasteiger partial charge in [0, 0.05) is 55.1 Å². The molecular weight excluding hydrogens is 646 g/mol. The quantitative estimate of drug-likeness (QED) is 0.221. The van der Waals surface area contributed by atoms with Crippen LogP contribution in [0.4, 0.5) is 19.3 Å². The Kier molecular flexibility index (Phi) is 10.3. The average molecular weight is 685 g/mol. The van der Waals surface area contributed by atoms with Crippen LogP contribution in [0.3, 0.4) is 0 Å². The van der Waals surface area contributed by atoms with Crippen LogP contribution in [-0.2, 0) is 14.8 Å². The van der Waals surface area contributed by atoms with Crippen LogP contribution in [0.25, 0.3) is 22.0 Å². The summed E-state index contributed by atoms with van der Waals surface area (Å²) in [6.45, 7) is 10.0. The number of rotatable bonds is 10. The first kappa shape index (κ1) is 34.7. The number of hydrogen-bond donors (Lipinski definition) is 2. The lowest BCUT2D eigenvalue weighted by molar-refractivity contribution is 0.0512. The number of ether oxygens (including phenoxy) is 3. The number of halogens is 2. The predicted molar refractivity (Wildman–Crippen MR) is 176 cm³/mol. The fraction of sp³-hybridized carbons (Fsp3) is 0.394. The number of hydrogen-bond acceptors (Lipinski definition) is 10. The number of carbonyl (C=O) groups excluding carboxylic acids is 1. The van der Waals surface area contributed by atoms with Gasteiger partial charge in [0.25, 0.3) is 10.0 Å².